The fraction of sp³-hybridized carbons (Fsp3) is 0.538. The molecule has 7 heteroatoms. The van der Waals surface area contributed by atoms with Gasteiger partial charge in [0.1, 0.15) is 0 Å². The van der Waals surface area contributed by atoms with Gasteiger partial charge in [-0.05, 0) is 38.1 Å². The zero-order valence-electron chi connectivity index (χ0n) is 11.5. The van der Waals surface area contributed by atoms with Crippen LogP contribution in [0.25, 0.3) is 0 Å². The molecule has 5 N–H and O–H groups in total. The van der Waals surface area contributed by atoms with E-state index in [2.05, 4.69) is 10.0 Å². The first-order valence-electron chi connectivity index (χ1n) is 6.71. The average molecular weight is 299 g/mol. The third-order valence-corrected chi connectivity index (χ3v) is 5.09. The lowest BCUT2D eigenvalue weighted by Crippen LogP contribution is -2.36. The summed E-state index contributed by atoms with van der Waals surface area (Å²) >= 11 is 0. The summed E-state index contributed by atoms with van der Waals surface area (Å²) in [6, 6.07) is 4.44. The highest BCUT2D eigenvalue weighted by atomic mass is 32.2. The quantitative estimate of drug-likeness (QED) is 0.618. The number of rotatable bonds is 4. The standard InChI is InChI=1S/C13H21N3O3S/c1-15-20(18,19)9-6-7-10(14)12(8-9)16-11-4-2-3-5-13(11)17/h6-8,11,13,15-17H,2-5,14H2,1H3. The van der Waals surface area contributed by atoms with Crippen LogP contribution in [0.15, 0.2) is 23.1 Å². The van der Waals surface area contributed by atoms with E-state index >= 15 is 0 Å². The number of anilines is 2. The van der Waals surface area contributed by atoms with Crippen LogP contribution in [0.2, 0.25) is 0 Å². The van der Waals surface area contributed by atoms with Crippen molar-refractivity contribution in [3.8, 4) is 0 Å². The molecule has 0 bridgehead atoms. The van der Waals surface area contributed by atoms with Crippen LogP contribution in [0.5, 0.6) is 0 Å². The number of hydrogen-bond donors (Lipinski definition) is 4. The van der Waals surface area contributed by atoms with Gasteiger partial charge in [0.15, 0.2) is 0 Å². The minimum atomic E-state index is -3.50. The van der Waals surface area contributed by atoms with Crippen molar-refractivity contribution in [3.05, 3.63) is 18.2 Å². The summed E-state index contributed by atoms with van der Waals surface area (Å²) in [5.74, 6) is 0. The van der Waals surface area contributed by atoms with Crippen molar-refractivity contribution >= 4 is 21.4 Å². The maximum absolute atomic E-state index is 11.8. The van der Waals surface area contributed by atoms with Crippen LogP contribution < -0.4 is 15.8 Å². The van der Waals surface area contributed by atoms with Gasteiger partial charge in [0.05, 0.1) is 28.4 Å². The van der Waals surface area contributed by atoms with Gasteiger partial charge in [-0.15, -0.1) is 0 Å². The number of sulfonamides is 1. The Morgan fingerprint density at radius 3 is 2.65 bits per heavy atom. The van der Waals surface area contributed by atoms with Crippen LogP contribution >= 0.6 is 0 Å². The van der Waals surface area contributed by atoms with Gasteiger partial charge >= 0.3 is 0 Å². The highest BCUT2D eigenvalue weighted by Gasteiger charge is 2.24. The smallest absolute Gasteiger partial charge is 0.240 e. The number of nitrogen functional groups attached to an aromatic ring is 1. The Balaban J connectivity index is 2.25. The second-order valence-corrected chi connectivity index (χ2v) is 6.95. The van der Waals surface area contributed by atoms with Gasteiger partial charge in [0.25, 0.3) is 0 Å². The summed E-state index contributed by atoms with van der Waals surface area (Å²) in [5, 5.41) is 13.1. The van der Waals surface area contributed by atoms with Gasteiger partial charge in [0.2, 0.25) is 10.0 Å². The highest BCUT2D eigenvalue weighted by Crippen LogP contribution is 2.27. The van der Waals surface area contributed by atoms with E-state index in [0.717, 1.165) is 25.7 Å². The Labute approximate surface area is 119 Å². The van der Waals surface area contributed by atoms with Crippen molar-refractivity contribution in [2.24, 2.45) is 0 Å². The van der Waals surface area contributed by atoms with Crippen LogP contribution in [0.3, 0.4) is 0 Å². The van der Waals surface area contributed by atoms with Crippen LogP contribution in [-0.4, -0.2) is 32.7 Å². The van der Waals surface area contributed by atoms with Crippen molar-refractivity contribution in [1.29, 1.82) is 0 Å². The molecule has 0 spiro atoms. The predicted molar refractivity (Wildman–Crippen MR) is 79.0 cm³/mol. The summed E-state index contributed by atoms with van der Waals surface area (Å²) in [6.45, 7) is 0. The second kappa shape index (κ2) is 5.99. The van der Waals surface area contributed by atoms with Crippen molar-refractivity contribution in [2.75, 3.05) is 18.1 Å². The minimum Gasteiger partial charge on any atom is -0.397 e. The zero-order valence-corrected chi connectivity index (χ0v) is 12.3. The molecule has 1 aliphatic carbocycles. The summed E-state index contributed by atoms with van der Waals surface area (Å²) in [6.07, 6.45) is 3.25. The van der Waals surface area contributed by atoms with Crippen molar-refractivity contribution in [1.82, 2.24) is 4.72 Å². The molecule has 1 aromatic carbocycles. The summed E-state index contributed by atoms with van der Waals surface area (Å²) in [7, 11) is -2.14. The molecule has 0 aliphatic heterocycles. The van der Waals surface area contributed by atoms with Gasteiger partial charge in [-0.2, -0.15) is 0 Å². The summed E-state index contributed by atoms with van der Waals surface area (Å²) in [4.78, 5) is 0.155. The Bertz CT molecular complexity index is 574. The van der Waals surface area contributed by atoms with E-state index in [1.54, 1.807) is 6.07 Å². The normalized spacial score (nSPS) is 23.5. The van der Waals surface area contributed by atoms with E-state index in [4.69, 9.17) is 5.73 Å². The third-order valence-electron chi connectivity index (χ3n) is 3.67. The lowest BCUT2D eigenvalue weighted by molar-refractivity contribution is 0.116. The molecule has 1 aromatic rings. The first-order valence-corrected chi connectivity index (χ1v) is 8.20. The number of benzene rings is 1. The Kier molecular flexibility index (Phi) is 4.52. The molecule has 2 atom stereocenters. The molecule has 1 aliphatic rings. The predicted octanol–water partition coefficient (Wildman–Crippen LogP) is 0.892. The molecule has 1 fully saturated rings. The number of nitrogens with one attached hydrogen (secondary N) is 2. The van der Waals surface area contributed by atoms with Gasteiger partial charge in [-0.25, -0.2) is 13.1 Å². The molecule has 2 rings (SSSR count). The lowest BCUT2D eigenvalue weighted by atomic mass is 9.92. The van der Waals surface area contributed by atoms with Crippen LogP contribution in [0.4, 0.5) is 11.4 Å². The minimum absolute atomic E-state index is 0.0846. The van der Waals surface area contributed by atoms with Gasteiger partial charge in [-0.3, -0.25) is 0 Å². The summed E-state index contributed by atoms with van der Waals surface area (Å²) < 4.78 is 25.9. The Morgan fingerprint density at radius 2 is 2.00 bits per heavy atom. The lowest BCUT2D eigenvalue weighted by Gasteiger charge is -2.29. The van der Waals surface area contributed by atoms with E-state index < -0.39 is 16.1 Å². The van der Waals surface area contributed by atoms with Gasteiger partial charge < -0.3 is 16.2 Å². The van der Waals surface area contributed by atoms with E-state index in [1.165, 1.54) is 19.2 Å². The topological polar surface area (TPSA) is 104 Å². The molecule has 0 saturated heterocycles. The molecule has 0 radical (unpaired) electrons. The largest absolute Gasteiger partial charge is 0.397 e. The second-order valence-electron chi connectivity index (χ2n) is 5.06. The van der Waals surface area contributed by atoms with Crippen LogP contribution in [0.1, 0.15) is 25.7 Å². The fourth-order valence-electron chi connectivity index (χ4n) is 2.42. The monoisotopic (exact) mass is 299 g/mol. The van der Waals surface area contributed by atoms with Gasteiger partial charge in [-0.1, -0.05) is 12.8 Å². The maximum atomic E-state index is 11.8. The number of aliphatic hydroxyl groups excluding tert-OH is 1. The number of nitrogens with two attached hydrogens (primary N) is 1. The molecule has 2 unspecified atom stereocenters. The van der Waals surface area contributed by atoms with E-state index in [9.17, 15) is 13.5 Å². The van der Waals surface area contributed by atoms with Gasteiger partial charge in [0, 0.05) is 0 Å². The third kappa shape index (κ3) is 3.23. The molecule has 20 heavy (non-hydrogen) atoms. The van der Waals surface area contributed by atoms with E-state index in [-0.39, 0.29) is 10.9 Å². The fourth-order valence-corrected chi connectivity index (χ4v) is 3.18. The molecule has 112 valence electrons. The SMILES string of the molecule is CNS(=O)(=O)c1ccc(N)c(NC2CCCCC2O)c1. The maximum Gasteiger partial charge on any atom is 0.240 e. The Morgan fingerprint density at radius 1 is 1.30 bits per heavy atom. The van der Waals surface area contributed by atoms with Crippen LogP contribution in [-0.2, 0) is 10.0 Å². The highest BCUT2D eigenvalue weighted by molar-refractivity contribution is 7.89. The summed E-state index contributed by atoms with van der Waals surface area (Å²) in [5.41, 5.74) is 6.90. The molecule has 0 amide bonds. The van der Waals surface area contributed by atoms with E-state index in [0.29, 0.717) is 11.4 Å². The first-order chi connectivity index (χ1) is 9.44. The Hall–Kier alpha value is -1.31. The molecule has 0 aromatic heterocycles. The molecule has 6 nitrogen and oxygen atoms in total. The zero-order chi connectivity index (χ0) is 14.8. The molecule has 0 heterocycles. The van der Waals surface area contributed by atoms with E-state index in [1.807, 2.05) is 0 Å². The molecular formula is C13H21N3O3S. The van der Waals surface area contributed by atoms with Crippen molar-refractivity contribution in [2.45, 2.75) is 42.7 Å². The van der Waals surface area contributed by atoms with Crippen molar-refractivity contribution < 1.29 is 13.5 Å². The molecular weight excluding hydrogens is 278 g/mol. The number of aliphatic hydroxyl groups is 1. The van der Waals surface area contributed by atoms with Crippen LogP contribution in [0, 0.1) is 0 Å². The molecule has 1 saturated carbocycles. The van der Waals surface area contributed by atoms with Crippen molar-refractivity contribution in [3.63, 3.8) is 0 Å². The first kappa shape index (κ1) is 15.1. The average Bonchev–Trinajstić information content (AvgIpc) is 2.43. The number of hydrogen-bond acceptors (Lipinski definition) is 5.